The Morgan fingerprint density at radius 3 is 2.45 bits per heavy atom. The van der Waals surface area contributed by atoms with E-state index in [9.17, 15) is 4.79 Å². The molecular weight excluding hydrogens is 408 g/mol. The summed E-state index contributed by atoms with van der Waals surface area (Å²) in [7, 11) is 0. The van der Waals surface area contributed by atoms with Crippen LogP contribution >= 0.6 is 0 Å². The number of hydrogen-bond donors (Lipinski definition) is 0. The van der Waals surface area contributed by atoms with E-state index in [1.807, 2.05) is 0 Å². The van der Waals surface area contributed by atoms with Gasteiger partial charge in [0, 0.05) is 32.7 Å². The van der Waals surface area contributed by atoms with Crippen LogP contribution in [0.1, 0.15) is 105 Å². The van der Waals surface area contributed by atoms with Crippen molar-refractivity contribution in [2.24, 2.45) is 29.1 Å². The molecule has 0 aliphatic heterocycles. The van der Waals surface area contributed by atoms with Crippen LogP contribution in [0.15, 0.2) is 24.3 Å². The molecule has 3 heteroatoms. The minimum Gasteiger partial charge on any atom is -0.382 e. The molecule has 0 aromatic carbocycles. The third-order valence-electron chi connectivity index (χ3n) is 7.58. The molecule has 33 heavy (non-hydrogen) atoms. The van der Waals surface area contributed by atoms with Crippen molar-refractivity contribution in [2.45, 2.75) is 111 Å². The summed E-state index contributed by atoms with van der Waals surface area (Å²) in [6, 6.07) is 0. The quantitative estimate of drug-likeness (QED) is 0.233. The highest BCUT2D eigenvalue weighted by atomic mass is 16.5. The van der Waals surface area contributed by atoms with Gasteiger partial charge in [-0.15, -0.1) is 0 Å². The second kappa shape index (κ2) is 15.1. The van der Waals surface area contributed by atoms with Crippen molar-refractivity contribution in [2.75, 3.05) is 19.8 Å². The molecule has 0 N–H and O–H groups in total. The molecule has 0 saturated heterocycles. The van der Waals surface area contributed by atoms with Gasteiger partial charge in [0.15, 0.2) is 0 Å². The minimum atomic E-state index is 0.103. The van der Waals surface area contributed by atoms with E-state index in [-0.39, 0.29) is 5.41 Å². The van der Waals surface area contributed by atoms with E-state index in [0.717, 1.165) is 57.3 Å². The number of ketones is 1. The van der Waals surface area contributed by atoms with Gasteiger partial charge in [-0.05, 0) is 81.0 Å². The Bertz CT molecular complexity index is 592. The fourth-order valence-corrected chi connectivity index (χ4v) is 5.56. The highest BCUT2D eigenvalue weighted by Gasteiger charge is 2.27. The lowest BCUT2D eigenvalue weighted by atomic mass is 9.76. The molecule has 0 heterocycles. The second-order valence-corrected chi connectivity index (χ2v) is 11.8. The van der Waals surface area contributed by atoms with Gasteiger partial charge in [-0.25, -0.2) is 0 Å². The summed E-state index contributed by atoms with van der Waals surface area (Å²) in [5.41, 5.74) is 0.103. The Kier molecular flexibility index (Phi) is 13.0. The topological polar surface area (TPSA) is 35.5 Å². The van der Waals surface area contributed by atoms with Gasteiger partial charge in [0.25, 0.3) is 0 Å². The summed E-state index contributed by atoms with van der Waals surface area (Å²) < 4.78 is 12.1. The number of ether oxygens (including phenoxy) is 2. The Balaban J connectivity index is 1.69. The van der Waals surface area contributed by atoms with E-state index < -0.39 is 0 Å². The number of carbonyl (C=O) groups excluding carboxylic acids is 1. The van der Waals surface area contributed by atoms with Crippen LogP contribution in [0.4, 0.5) is 0 Å². The van der Waals surface area contributed by atoms with Crippen molar-refractivity contribution in [3.8, 4) is 0 Å². The van der Waals surface area contributed by atoms with Crippen LogP contribution in [0.25, 0.3) is 0 Å². The van der Waals surface area contributed by atoms with E-state index in [1.54, 1.807) is 0 Å². The van der Waals surface area contributed by atoms with Crippen LogP contribution in [0.2, 0.25) is 0 Å². The molecule has 1 saturated carbocycles. The predicted molar refractivity (Wildman–Crippen MR) is 139 cm³/mol. The van der Waals surface area contributed by atoms with E-state index >= 15 is 0 Å². The molecule has 190 valence electrons. The van der Waals surface area contributed by atoms with Crippen molar-refractivity contribution in [3.05, 3.63) is 24.3 Å². The van der Waals surface area contributed by atoms with Crippen LogP contribution in [0.3, 0.4) is 0 Å². The number of allylic oxidation sites excluding steroid dienone is 4. The van der Waals surface area contributed by atoms with Crippen molar-refractivity contribution >= 4 is 5.78 Å². The zero-order valence-electron chi connectivity index (χ0n) is 22.3. The van der Waals surface area contributed by atoms with Crippen LogP contribution in [0.5, 0.6) is 0 Å². The molecule has 0 radical (unpaired) electrons. The highest BCUT2D eigenvalue weighted by Crippen LogP contribution is 2.35. The lowest BCUT2D eigenvalue weighted by Gasteiger charge is -2.34. The van der Waals surface area contributed by atoms with Gasteiger partial charge in [0.05, 0.1) is 6.10 Å². The fourth-order valence-electron chi connectivity index (χ4n) is 5.56. The smallest absolute Gasteiger partial charge is 0.133 e. The lowest BCUT2D eigenvalue weighted by Crippen LogP contribution is -2.28. The van der Waals surface area contributed by atoms with Crippen LogP contribution < -0.4 is 0 Å². The van der Waals surface area contributed by atoms with Gasteiger partial charge >= 0.3 is 0 Å². The number of unbranched alkanes of at least 4 members (excludes halogenated alkanes) is 1. The lowest BCUT2D eigenvalue weighted by molar-refractivity contribution is -0.120. The van der Waals surface area contributed by atoms with Crippen molar-refractivity contribution in [1.82, 2.24) is 0 Å². The molecule has 0 amide bonds. The normalized spacial score (nSPS) is 25.2. The standard InChI is InChI=1S/C30H52O3/c1-6-32-21-20-25(12-10-11-15-28(31)22-30(3,4)5)24(2)23-33-29-18-16-27(17-19-29)26-13-8-7-9-14-26/h7-9,13,24-27,29H,6,10-12,14-23H2,1-5H3. The molecule has 1 fully saturated rings. The van der Waals surface area contributed by atoms with Crippen LogP contribution in [0, 0.1) is 29.1 Å². The molecule has 3 unspecified atom stereocenters. The Labute approximate surface area is 204 Å². The van der Waals surface area contributed by atoms with E-state index in [2.05, 4.69) is 58.9 Å². The largest absolute Gasteiger partial charge is 0.382 e. The SMILES string of the molecule is CCOCCC(CCCCC(=O)CC(C)(C)C)C(C)COC1CCC(C2C=CC=CC2)CC1. The Morgan fingerprint density at radius 1 is 1.06 bits per heavy atom. The van der Waals surface area contributed by atoms with Gasteiger partial charge in [0.1, 0.15) is 5.78 Å². The number of Topliss-reactive ketones (excluding diaryl/α,β-unsaturated/α-hetero) is 1. The first-order valence-electron chi connectivity index (χ1n) is 13.8. The molecule has 2 aliphatic rings. The molecule has 0 aromatic rings. The van der Waals surface area contributed by atoms with Gasteiger partial charge in [-0.2, -0.15) is 0 Å². The molecular formula is C30H52O3. The summed E-state index contributed by atoms with van der Waals surface area (Å²) in [6.07, 6.45) is 21.7. The summed E-state index contributed by atoms with van der Waals surface area (Å²) in [4.78, 5) is 12.2. The maximum absolute atomic E-state index is 12.2. The van der Waals surface area contributed by atoms with Crippen molar-refractivity contribution in [3.63, 3.8) is 0 Å². The van der Waals surface area contributed by atoms with E-state index in [1.165, 1.54) is 38.5 Å². The first-order chi connectivity index (χ1) is 15.8. The number of rotatable bonds is 15. The molecule has 0 bridgehead atoms. The molecule has 2 aliphatic carbocycles. The maximum Gasteiger partial charge on any atom is 0.133 e. The van der Waals surface area contributed by atoms with Gasteiger partial charge < -0.3 is 9.47 Å². The highest BCUT2D eigenvalue weighted by molar-refractivity contribution is 5.78. The second-order valence-electron chi connectivity index (χ2n) is 11.8. The molecule has 3 atom stereocenters. The Morgan fingerprint density at radius 2 is 1.82 bits per heavy atom. The van der Waals surface area contributed by atoms with Gasteiger partial charge in [0.2, 0.25) is 0 Å². The fraction of sp³-hybridized carbons (Fsp3) is 0.833. The summed E-state index contributed by atoms with van der Waals surface area (Å²) in [5.74, 6) is 3.15. The van der Waals surface area contributed by atoms with Crippen LogP contribution in [-0.4, -0.2) is 31.7 Å². The number of hydrogen-bond acceptors (Lipinski definition) is 3. The van der Waals surface area contributed by atoms with Crippen molar-refractivity contribution in [1.29, 1.82) is 0 Å². The van der Waals surface area contributed by atoms with E-state index in [0.29, 0.717) is 30.1 Å². The zero-order valence-corrected chi connectivity index (χ0v) is 22.3. The summed E-state index contributed by atoms with van der Waals surface area (Å²) in [5, 5.41) is 0. The first kappa shape index (κ1) is 28.3. The van der Waals surface area contributed by atoms with Gasteiger partial charge in [-0.3, -0.25) is 4.79 Å². The molecule has 3 nitrogen and oxygen atoms in total. The van der Waals surface area contributed by atoms with Gasteiger partial charge in [-0.1, -0.05) is 64.8 Å². The van der Waals surface area contributed by atoms with E-state index in [4.69, 9.17) is 9.47 Å². The first-order valence-corrected chi connectivity index (χ1v) is 13.8. The Hall–Kier alpha value is -0.930. The minimum absolute atomic E-state index is 0.103. The third-order valence-corrected chi connectivity index (χ3v) is 7.58. The molecule has 2 rings (SSSR count). The predicted octanol–water partition coefficient (Wildman–Crippen LogP) is 7.94. The summed E-state index contributed by atoms with van der Waals surface area (Å²) >= 11 is 0. The third kappa shape index (κ3) is 11.9. The maximum atomic E-state index is 12.2. The monoisotopic (exact) mass is 460 g/mol. The summed E-state index contributed by atoms with van der Waals surface area (Å²) in [6.45, 7) is 13.3. The van der Waals surface area contributed by atoms with Crippen molar-refractivity contribution < 1.29 is 14.3 Å². The average Bonchev–Trinajstić information content (AvgIpc) is 2.79. The molecule has 0 spiro atoms. The number of carbonyl (C=O) groups is 1. The zero-order chi connectivity index (χ0) is 24.1. The molecule has 0 aromatic heterocycles. The van der Waals surface area contributed by atoms with Crippen LogP contribution in [-0.2, 0) is 14.3 Å². The average molecular weight is 461 g/mol.